The number of nitrogen functional groups attached to an aromatic ring is 1. The van der Waals surface area contributed by atoms with Gasteiger partial charge in [-0.05, 0) is 43.4 Å². The molecule has 0 unspecified atom stereocenters. The zero-order valence-electron chi connectivity index (χ0n) is 10.1. The van der Waals surface area contributed by atoms with Crippen molar-refractivity contribution in [3.63, 3.8) is 0 Å². The van der Waals surface area contributed by atoms with E-state index in [0.29, 0.717) is 12.2 Å². The molecular formula is C12H17N3O2S. The molecule has 0 bridgehead atoms. The van der Waals surface area contributed by atoms with E-state index in [-0.39, 0.29) is 6.04 Å². The van der Waals surface area contributed by atoms with E-state index in [1.807, 2.05) is 12.1 Å². The van der Waals surface area contributed by atoms with Gasteiger partial charge in [0, 0.05) is 18.3 Å². The molecule has 0 saturated heterocycles. The van der Waals surface area contributed by atoms with Crippen LogP contribution in [0.3, 0.4) is 0 Å². The summed E-state index contributed by atoms with van der Waals surface area (Å²) in [5.41, 5.74) is 8.28. The van der Waals surface area contributed by atoms with Gasteiger partial charge in [-0.25, -0.2) is 0 Å². The zero-order chi connectivity index (χ0) is 12.8. The summed E-state index contributed by atoms with van der Waals surface area (Å²) in [4.78, 5) is 0. The van der Waals surface area contributed by atoms with Gasteiger partial charge in [0.15, 0.2) is 0 Å². The summed E-state index contributed by atoms with van der Waals surface area (Å²) in [6.07, 6.45) is 3.54. The Bertz CT molecular complexity index is 567. The summed E-state index contributed by atoms with van der Waals surface area (Å²) in [5.74, 6) is 0. The summed E-state index contributed by atoms with van der Waals surface area (Å²) in [6.45, 7) is 0.526. The molecule has 1 aliphatic carbocycles. The molecule has 1 aromatic rings. The molecule has 1 aliphatic heterocycles. The molecule has 18 heavy (non-hydrogen) atoms. The summed E-state index contributed by atoms with van der Waals surface area (Å²) in [7, 11) is -3.42. The van der Waals surface area contributed by atoms with Gasteiger partial charge in [-0.3, -0.25) is 4.31 Å². The van der Waals surface area contributed by atoms with E-state index < -0.39 is 10.2 Å². The first-order chi connectivity index (χ1) is 8.58. The van der Waals surface area contributed by atoms with Crippen molar-refractivity contribution in [2.45, 2.75) is 31.7 Å². The monoisotopic (exact) mass is 267 g/mol. The Morgan fingerprint density at radius 3 is 2.83 bits per heavy atom. The molecule has 1 saturated carbocycles. The number of nitrogens with two attached hydrogens (primary N) is 1. The van der Waals surface area contributed by atoms with Crippen LogP contribution in [-0.2, 0) is 16.6 Å². The second-order valence-electron chi connectivity index (χ2n) is 4.92. The molecule has 3 rings (SSSR count). The molecule has 0 atom stereocenters. The van der Waals surface area contributed by atoms with Gasteiger partial charge in [-0.2, -0.15) is 13.1 Å². The molecule has 0 spiro atoms. The van der Waals surface area contributed by atoms with Crippen LogP contribution in [0.25, 0.3) is 0 Å². The van der Waals surface area contributed by atoms with Crippen LogP contribution in [0, 0.1) is 0 Å². The minimum Gasteiger partial charge on any atom is -0.398 e. The van der Waals surface area contributed by atoms with Gasteiger partial charge in [0.1, 0.15) is 0 Å². The molecular weight excluding hydrogens is 250 g/mol. The average Bonchev–Trinajstić information content (AvgIpc) is 3.12. The van der Waals surface area contributed by atoms with Crippen LogP contribution in [0.5, 0.6) is 0 Å². The van der Waals surface area contributed by atoms with Crippen LogP contribution in [0.2, 0.25) is 0 Å². The standard InChI is InChI=1S/C12H17N3O2S/c13-11-4-1-5-12-10(11)3-2-8-15(12)18(16,17)14-9-6-7-9/h1,4-5,9,14H,2-3,6-8,13H2. The Hall–Kier alpha value is -1.27. The van der Waals surface area contributed by atoms with Crippen molar-refractivity contribution in [1.29, 1.82) is 0 Å². The second kappa shape index (κ2) is 4.13. The number of fused-ring (bicyclic) bond motifs is 1. The van der Waals surface area contributed by atoms with Crippen LogP contribution in [0.4, 0.5) is 11.4 Å². The van der Waals surface area contributed by atoms with Gasteiger partial charge in [0.25, 0.3) is 0 Å². The lowest BCUT2D eigenvalue weighted by atomic mass is 10.0. The van der Waals surface area contributed by atoms with E-state index in [2.05, 4.69) is 4.72 Å². The molecule has 5 nitrogen and oxygen atoms in total. The SMILES string of the molecule is Nc1cccc2c1CCCN2S(=O)(=O)NC1CC1. The van der Waals surface area contributed by atoms with Crippen molar-refractivity contribution >= 4 is 21.6 Å². The quantitative estimate of drug-likeness (QED) is 0.803. The highest BCUT2D eigenvalue weighted by atomic mass is 32.2. The third-order valence-electron chi connectivity index (χ3n) is 3.43. The normalized spacial score (nSPS) is 19.7. The fourth-order valence-corrected chi connectivity index (χ4v) is 3.93. The molecule has 2 aliphatic rings. The van der Waals surface area contributed by atoms with Crippen LogP contribution >= 0.6 is 0 Å². The summed E-state index contributed by atoms with van der Waals surface area (Å²) in [5, 5.41) is 0. The second-order valence-corrected chi connectivity index (χ2v) is 6.54. The van der Waals surface area contributed by atoms with Crippen molar-refractivity contribution in [2.75, 3.05) is 16.6 Å². The fourth-order valence-electron chi connectivity index (χ4n) is 2.34. The van der Waals surface area contributed by atoms with E-state index in [9.17, 15) is 8.42 Å². The first-order valence-electron chi connectivity index (χ1n) is 6.25. The Morgan fingerprint density at radius 2 is 2.11 bits per heavy atom. The van der Waals surface area contributed by atoms with E-state index in [1.54, 1.807) is 6.07 Å². The van der Waals surface area contributed by atoms with Crippen molar-refractivity contribution in [3.05, 3.63) is 23.8 Å². The Balaban J connectivity index is 1.98. The van der Waals surface area contributed by atoms with E-state index in [0.717, 1.165) is 36.9 Å². The van der Waals surface area contributed by atoms with Crippen LogP contribution < -0.4 is 14.8 Å². The molecule has 1 fully saturated rings. The Morgan fingerprint density at radius 1 is 1.33 bits per heavy atom. The average molecular weight is 267 g/mol. The zero-order valence-corrected chi connectivity index (χ0v) is 10.9. The molecule has 0 radical (unpaired) electrons. The third kappa shape index (κ3) is 2.06. The van der Waals surface area contributed by atoms with Gasteiger partial charge >= 0.3 is 10.2 Å². The van der Waals surface area contributed by atoms with Crippen molar-refractivity contribution in [3.8, 4) is 0 Å². The van der Waals surface area contributed by atoms with Crippen molar-refractivity contribution in [2.24, 2.45) is 0 Å². The lowest BCUT2D eigenvalue weighted by Crippen LogP contribution is -2.44. The van der Waals surface area contributed by atoms with Gasteiger partial charge in [-0.1, -0.05) is 6.07 Å². The van der Waals surface area contributed by atoms with E-state index in [1.165, 1.54) is 4.31 Å². The lowest BCUT2D eigenvalue weighted by molar-refractivity contribution is 0.571. The maximum atomic E-state index is 12.3. The summed E-state index contributed by atoms with van der Waals surface area (Å²) >= 11 is 0. The molecule has 1 aromatic carbocycles. The summed E-state index contributed by atoms with van der Waals surface area (Å²) < 4.78 is 28.7. The minimum atomic E-state index is -3.42. The topological polar surface area (TPSA) is 75.4 Å². The number of hydrogen-bond donors (Lipinski definition) is 2. The van der Waals surface area contributed by atoms with Gasteiger partial charge in [0.2, 0.25) is 0 Å². The molecule has 98 valence electrons. The smallest absolute Gasteiger partial charge is 0.301 e. The van der Waals surface area contributed by atoms with E-state index in [4.69, 9.17) is 5.73 Å². The van der Waals surface area contributed by atoms with Crippen molar-refractivity contribution in [1.82, 2.24) is 4.72 Å². The first kappa shape index (κ1) is 11.8. The highest BCUT2D eigenvalue weighted by Gasteiger charge is 2.33. The number of hydrogen-bond acceptors (Lipinski definition) is 3. The van der Waals surface area contributed by atoms with Crippen molar-refractivity contribution < 1.29 is 8.42 Å². The maximum absolute atomic E-state index is 12.3. The largest absolute Gasteiger partial charge is 0.398 e. The van der Waals surface area contributed by atoms with Crippen LogP contribution in [0.1, 0.15) is 24.8 Å². The van der Waals surface area contributed by atoms with E-state index >= 15 is 0 Å². The Labute approximate surface area is 107 Å². The number of anilines is 2. The fraction of sp³-hybridized carbons (Fsp3) is 0.500. The maximum Gasteiger partial charge on any atom is 0.301 e. The molecule has 3 N–H and O–H groups in total. The highest BCUT2D eigenvalue weighted by Crippen LogP contribution is 2.33. The first-order valence-corrected chi connectivity index (χ1v) is 7.69. The minimum absolute atomic E-state index is 0.126. The predicted octanol–water partition coefficient (Wildman–Crippen LogP) is 1.02. The number of benzene rings is 1. The number of rotatable bonds is 3. The highest BCUT2D eigenvalue weighted by molar-refractivity contribution is 7.90. The van der Waals surface area contributed by atoms with Gasteiger partial charge in [0.05, 0.1) is 5.69 Å². The lowest BCUT2D eigenvalue weighted by Gasteiger charge is -2.31. The van der Waals surface area contributed by atoms with Crippen LogP contribution in [-0.4, -0.2) is 21.0 Å². The number of nitrogens with zero attached hydrogens (tertiary/aromatic N) is 1. The molecule has 0 amide bonds. The summed E-state index contributed by atoms with van der Waals surface area (Å²) in [6, 6.07) is 5.58. The van der Waals surface area contributed by atoms with Crippen LogP contribution in [0.15, 0.2) is 18.2 Å². The number of nitrogens with one attached hydrogen (secondary N) is 1. The molecule has 0 aromatic heterocycles. The third-order valence-corrected chi connectivity index (χ3v) is 5.02. The molecule has 6 heteroatoms. The molecule has 1 heterocycles. The Kier molecular flexibility index (Phi) is 2.71. The van der Waals surface area contributed by atoms with Gasteiger partial charge in [-0.15, -0.1) is 0 Å². The predicted molar refractivity (Wildman–Crippen MR) is 71.6 cm³/mol. The van der Waals surface area contributed by atoms with Gasteiger partial charge < -0.3 is 5.73 Å².